The lowest BCUT2D eigenvalue weighted by Gasteiger charge is -2.48. The maximum atomic E-state index is 13.4. The predicted octanol–water partition coefficient (Wildman–Crippen LogP) is 1.02. The smallest absolute Gasteiger partial charge is 0.255 e. The zero-order chi connectivity index (χ0) is 19.7. The van der Waals surface area contributed by atoms with Gasteiger partial charge in [0.25, 0.3) is 5.91 Å². The van der Waals surface area contributed by atoms with Gasteiger partial charge >= 0.3 is 0 Å². The van der Waals surface area contributed by atoms with E-state index in [1.54, 1.807) is 43.1 Å². The molecule has 3 fully saturated rings. The second kappa shape index (κ2) is 5.79. The van der Waals surface area contributed by atoms with Gasteiger partial charge in [-0.05, 0) is 30.7 Å². The maximum Gasteiger partial charge on any atom is 0.255 e. The van der Waals surface area contributed by atoms with Crippen LogP contribution >= 0.6 is 11.6 Å². The number of hydrogen-bond acceptors (Lipinski definition) is 4. The minimum absolute atomic E-state index is 0.230. The largest absolute Gasteiger partial charge is 0.342 e. The highest BCUT2D eigenvalue weighted by atomic mass is 35.5. The minimum Gasteiger partial charge on any atom is -0.342 e. The van der Waals surface area contributed by atoms with Gasteiger partial charge in [0.2, 0.25) is 17.7 Å². The first kappa shape index (κ1) is 18.0. The van der Waals surface area contributed by atoms with Crippen LogP contribution < -0.4 is 0 Å². The number of halogens is 1. The van der Waals surface area contributed by atoms with Crippen LogP contribution in [0.4, 0.5) is 0 Å². The summed E-state index contributed by atoms with van der Waals surface area (Å²) in [4.78, 5) is 56.5. The number of benzene rings is 1. The molecule has 3 aliphatic heterocycles. The van der Waals surface area contributed by atoms with Crippen molar-refractivity contribution in [2.45, 2.75) is 24.9 Å². The highest BCUT2D eigenvalue weighted by Crippen LogP contribution is 2.53. The Labute approximate surface area is 161 Å². The summed E-state index contributed by atoms with van der Waals surface area (Å²) in [6.45, 7) is 2.02. The van der Waals surface area contributed by atoms with Gasteiger partial charge in [0.05, 0.1) is 17.9 Å². The first-order valence-electron chi connectivity index (χ1n) is 8.92. The monoisotopic (exact) mass is 389 g/mol. The topological polar surface area (TPSA) is 78.0 Å². The van der Waals surface area contributed by atoms with Crippen LogP contribution in [0, 0.1) is 11.8 Å². The summed E-state index contributed by atoms with van der Waals surface area (Å²) in [5, 5.41) is 0.498. The Bertz CT molecular complexity index is 870. The summed E-state index contributed by atoms with van der Waals surface area (Å²) in [6, 6.07) is 5.89. The first-order chi connectivity index (χ1) is 12.8. The fourth-order valence-corrected chi connectivity index (χ4v) is 5.19. The first-order valence-corrected chi connectivity index (χ1v) is 9.29. The van der Waals surface area contributed by atoms with Crippen molar-refractivity contribution in [3.63, 3.8) is 0 Å². The highest BCUT2D eigenvalue weighted by Gasteiger charge is 2.74. The number of fused-ring (bicyclic) bond motifs is 5. The normalized spacial score (nSPS) is 32.4. The second-order valence-electron chi connectivity index (χ2n) is 7.45. The molecule has 3 saturated heterocycles. The zero-order valence-electron chi connectivity index (χ0n) is 15.3. The predicted molar refractivity (Wildman–Crippen MR) is 96.8 cm³/mol. The molecule has 0 aliphatic carbocycles. The number of carbonyl (C=O) groups excluding carboxylic acids is 4. The molecule has 7 nitrogen and oxygen atoms in total. The Hall–Kier alpha value is -2.41. The average molecular weight is 390 g/mol. The van der Waals surface area contributed by atoms with E-state index < -0.39 is 23.4 Å². The Morgan fingerprint density at radius 1 is 1.15 bits per heavy atom. The summed E-state index contributed by atoms with van der Waals surface area (Å²) < 4.78 is 0. The van der Waals surface area contributed by atoms with Gasteiger partial charge in [-0.1, -0.05) is 18.5 Å². The number of likely N-dealkylation sites (N-methyl/N-ethyl adjacent to an activating group) is 1. The van der Waals surface area contributed by atoms with Crippen LogP contribution in [0.25, 0.3) is 0 Å². The molecule has 0 saturated carbocycles. The molecule has 0 aromatic heterocycles. The van der Waals surface area contributed by atoms with Crippen molar-refractivity contribution in [2.75, 3.05) is 20.6 Å². The SMILES string of the molecule is CC[C@]12C(=O)N(C)C[C@H]([C@@H]3C(=O)N(C)C(=O)[C@@H]31)N2C(=O)c1ccc(Cl)cc1. The highest BCUT2D eigenvalue weighted by molar-refractivity contribution is 6.30. The summed E-state index contributed by atoms with van der Waals surface area (Å²) >= 11 is 5.92. The molecule has 4 rings (SSSR count). The number of likely N-dealkylation sites (tertiary alicyclic amines) is 2. The van der Waals surface area contributed by atoms with Crippen LogP contribution in [0.15, 0.2) is 24.3 Å². The van der Waals surface area contributed by atoms with Crippen molar-refractivity contribution in [2.24, 2.45) is 11.8 Å². The van der Waals surface area contributed by atoms with Crippen LogP contribution in [0.3, 0.4) is 0 Å². The van der Waals surface area contributed by atoms with E-state index in [1.165, 1.54) is 11.9 Å². The molecule has 1 aromatic carbocycles. The second-order valence-corrected chi connectivity index (χ2v) is 7.89. The lowest BCUT2D eigenvalue weighted by Crippen LogP contribution is -2.68. The summed E-state index contributed by atoms with van der Waals surface area (Å²) in [5.74, 6) is -2.86. The van der Waals surface area contributed by atoms with E-state index in [1.807, 2.05) is 0 Å². The van der Waals surface area contributed by atoms with E-state index in [9.17, 15) is 19.2 Å². The third-order valence-electron chi connectivity index (χ3n) is 6.29. The number of hydrogen-bond donors (Lipinski definition) is 0. The van der Waals surface area contributed by atoms with Crippen LogP contribution in [0.1, 0.15) is 23.7 Å². The van der Waals surface area contributed by atoms with Gasteiger partial charge in [0, 0.05) is 31.2 Å². The molecule has 27 heavy (non-hydrogen) atoms. The third kappa shape index (κ3) is 2.09. The van der Waals surface area contributed by atoms with Crippen LogP contribution in [0.5, 0.6) is 0 Å². The van der Waals surface area contributed by atoms with Crippen molar-refractivity contribution in [1.29, 1.82) is 0 Å². The molecular formula is C19H20ClN3O4. The minimum atomic E-state index is -1.34. The molecule has 3 aliphatic rings. The summed E-state index contributed by atoms with van der Waals surface area (Å²) in [6.07, 6.45) is 0.264. The van der Waals surface area contributed by atoms with Crippen LogP contribution in [-0.2, 0) is 14.4 Å². The maximum absolute atomic E-state index is 13.4. The fraction of sp³-hybridized carbons (Fsp3) is 0.474. The standard InChI is InChI=1S/C19H20ClN3O4/c1-4-19-14-13(16(25)22(3)17(14)26)12(9-21(2)18(19)27)23(19)15(24)10-5-7-11(20)8-6-10/h5-8,12-14H,4,9H2,1-3H3/t12-,13+,14-,19-/m1/s1. The molecule has 2 bridgehead atoms. The molecule has 0 N–H and O–H groups in total. The Morgan fingerprint density at radius 3 is 2.37 bits per heavy atom. The van der Waals surface area contributed by atoms with Crippen LogP contribution in [0.2, 0.25) is 5.02 Å². The van der Waals surface area contributed by atoms with Crippen LogP contribution in [-0.4, -0.2) is 70.5 Å². The number of nitrogens with zero attached hydrogens (tertiary/aromatic N) is 3. The van der Waals surface area contributed by atoms with Gasteiger partial charge in [0.1, 0.15) is 5.54 Å². The quantitative estimate of drug-likeness (QED) is 0.707. The van der Waals surface area contributed by atoms with Gasteiger partial charge in [-0.2, -0.15) is 0 Å². The molecule has 4 atom stereocenters. The van der Waals surface area contributed by atoms with E-state index in [2.05, 4.69) is 0 Å². The number of amides is 4. The average Bonchev–Trinajstić information content (AvgIpc) is 3.03. The number of piperazine rings is 1. The summed E-state index contributed by atoms with van der Waals surface area (Å²) in [7, 11) is 3.10. The molecule has 8 heteroatoms. The Balaban J connectivity index is 1.89. The molecule has 142 valence electrons. The van der Waals surface area contributed by atoms with Gasteiger partial charge in [-0.3, -0.25) is 24.1 Å². The van der Waals surface area contributed by atoms with Gasteiger partial charge in [-0.25, -0.2) is 0 Å². The summed E-state index contributed by atoms with van der Waals surface area (Å²) in [5.41, 5.74) is -0.955. The molecular weight excluding hydrogens is 370 g/mol. The van der Waals surface area contributed by atoms with Crippen molar-refractivity contribution >= 4 is 35.2 Å². The van der Waals surface area contributed by atoms with E-state index in [4.69, 9.17) is 11.6 Å². The molecule has 4 amide bonds. The van der Waals surface area contributed by atoms with Crippen molar-refractivity contribution in [3.05, 3.63) is 34.9 Å². The van der Waals surface area contributed by atoms with Crippen molar-refractivity contribution in [1.82, 2.24) is 14.7 Å². The lowest BCUT2D eigenvalue weighted by atomic mass is 9.78. The molecule has 0 spiro atoms. The van der Waals surface area contributed by atoms with Crippen molar-refractivity contribution in [3.8, 4) is 0 Å². The van der Waals surface area contributed by atoms with Crippen molar-refractivity contribution < 1.29 is 19.2 Å². The van der Waals surface area contributed by atoms with E-state index >= 15 is 0 Å². The van der Waals surface area contributed by atoms with Gasteiger partial charge < -0.3 is 9.80 Å². The molecule has 0 unspecified atom stereocenters. The molecule has 3 heterocycles. The fourth-order valence-electron chi connectivity index (χ4n) is 5.06. The lowest BCUT2D eigenvalue weighted by molar-refractivity contribution is -0.155. The Kier molecular flexibility index (Phi) is 3.86. The van der Waals surface area contributed by atoms with Gasteiger partial charge in [-0.15, -0.1) is 0 Å². The third-order valence-corrected chi connectivity index (χ3v) is 6.54. The van der Waals surface area contributed by atoms with E-state index in [0.29, 0.717) is 10.6 Å². The number of carbonyl (C=O) groups is 4. The molecule has 1 aromatic rings. The number of imide groups is 1. The zero-order valence-corrected chi connectivity index (χ0v) is 16.1. The molecule has 0 radical (unpaired) electrons. The van der Waals surface area contributed by atoms with E-state index in [-0.39, 0.29) is 36.6 Å². The Morgan fingerprint density at radius 2 is 1.78 bits per heavy atom. The number of rotatable bonds is 2. The van der Waals surface area contributed by atoms with Gasteiger partial charge in [0.15, 0.2) is 0 Å². The van der Waals surface area contributed by atoms with E-state index in [0.717, 1.165) is 4.90 Å².